The number of hydrogen-bond acceptors (Lipinski definition) is 1. The van der Waals surface area contributed by atoms with Gasteiger partial charge in [-0.05, 0) is 39.1 Å². The molecule has 0 aliphatic rings. The fraction of sp³-hybridized carbons (Fsp3) is 0.833. The van der Waals surface area contributed by atoms with Gasteiger partial charge in [-0.2, -0.15) is 0 Å². The maximum absolute atomic E-state index is 6.09. The van der Waals surface area contributed by atoms with Gasteiger partial charge in [0.1, 0.15) is 0 Å². The number of halogens is 1. The lowest BCUT2D eigenvalue weighted by atomic mass is 10.2. The number of allylic oxidation sites excluding steroid dienone is 2. The van der Waals surface area contributed by atoms with Crippen molar-refractivity contribution in [2.24, 2.45) is 0 Å². The summed E-state index contributed by atoms with van der Waals surface area (Å²) in [6.45, 7) is 11.2. The fourth-order valence-electron chi connectivity index (χ4n) is 1.37. The van der Waals surface area contributed by atoms with Crippen molar-refractivity contribution in [3.8, 4) is 0 Å². The van der Waals surface area contributed by atoms with E-state index in [-0.39, 0.29) is 0 Å². The minimum atomic E-state index is -1.42. The molecule has 0 bridgehead atoms. The summed E-state index contributed by atoms with van der Waals surface area (Å²) in [5.74, 6) is 1.23. The summed E-state index contributed by atoms with van der Waals surface area (Å²) in [5, 5.41) is 0. The minimum absolute atomic E-state index is 0.565. The van der Waals surface area contributed by atoms with Gasteiger partial charge < -0.3 is 4.43 Å². The molecule has 0 heterocycles. The highest BCUT2D eigenvalue weighted by atomic mass is 127. The van der Waals surface area contributed by atoms with Gasteiger partial charge in [-0.15, -0.1) is 0 Å². The highest BCUT2D eigenvalue weighted by Crippen LogP contribution is 2.19. The van der Waals surface area contributed by atoms with Crippen molar-refractivity contribution in [2.45, 2.75) is 63.1 Å². The molecular formula is C12H25IOSi. The lowest BCUT2D eigenvalue weighted by molar-refractivity contribution is 0.391. The predicted octanol–water partition coefficient (Wildman–Crippen LogP) is 5.13. The molecule has 0 unspecified atom stereocenters. The van der Waals surface area contributed by atoms with Gasteiger partial charge in [0.25, 0.3) is 0 Å². The smallest absolute Gasteiger partial charge is 0.241 e. The quantitative estimate of drug-likeness (QED) is 0.205. The third kappa shape index (κ3) is 10.8. The van der Waals surface area contributed by atoms with Gasteiger partial charge in [0.15, 0.2) is 0 Å². The Morgan fingerprint density at radius 1 is 1.33 bits per heavy atom. The van der Waals surface area contributed by atoms with Crippen molar-refractivity contribution in [1.29, 1.82) is 0 Å². The largest absolute Gasteiger partial charge is 0.548 e. The van der Waals surface area contributed by atoms with Crippen molar-refractivity contribution in [1.82, 2.24) is 0 Å². The normalized spacial score (nSPS) is 15.2. The van der Waals surface area contributed by atoms with Crippen molar-refractivity contribution < 1.29 is 4.43 Å². The first kappa shape index (κ1) is 15.5. The Kier molecular flexibility index (Phi) is 7.96. The first-order valence-electron chi connectivity index (χ1n) is 5.89. The molecule has 1 nitrogen and oxygen atoms in total. The second-order valence-electron chi connectivity index (χ2n) is 4.98. The molecule has 0 aliphatic carbocycles. The lowest BCUT2D eigenvalue weighted by Gasteiger charge is -2.22. The number of rotatable bonds is 7. The van der Waals surface area contributed by atoms with Gasteiger partial charge in [-0.3, -0.25) is 0 Å². The van der Waals surface area contributed by atoms with Gasteiger partial charge >= 0.3 is 0 Å². The van der Waals surface area contributed by atoms with E-state index in [1.807, 2.05) is 0 Å². The maximum Gasteiger partial charge on any atom is 0.241 e. The van der Waals surface area contributed by atoms with Crippen LogP contribution >= 0.6 is 22.6 Å². The van der Waals surface area contributed by atoms with Gasteiger partial charge in [0.2, 0.25) is 8.32 Å². The molecule has 90 valence electrons. The zero-order valence-electron chi connectivity index (χ0n) is 10.8. The molecule has 0 aliphatic heterocycles. The van der Waals surface area contributed by atoms with Crippen LogP contribution in [0.1, 0.15) is 39.5 Å². The van der Waals surface area contributed by atoms with Crippen LogP contribution in [0.4, 0.5) is 0 Å². The summed E-state index contributed by atoms with van der Waals surface area (Å²) >= 11 is 2.43. The molecule has 0 aromatic carbocycles. The van der Waals surface area contributed by atoms with E-state index in [9.17, 15) is 0 Å². The zero-order valence-corrected chi connectivity index (χ0v) is 13.9. The van der Waals surface area contributed by atoms with Gasteiger partial charge in [-0.25, -0.2) is 0 Å². The van der Waals surface area contributed by atoms with Gasteiger partial charge in [-0.1, -0.05) is 42.4 Å². The molecule has 3 heteroatoms. The summed E-state index contributed by atoms with van der Waals surface area (Å²) in [4.78, 5) is 0. The molecular weight excluding hydrogens is 315 g/mol. The molecule has 0 rings (SSSR count). The summed E-state index contributed by atoms with van der Waals surface area (Å²) in [7, 11) is -1.42. The highest BCUT2D eigenvalue weighted by molar-refractivity contribution is 14.1. The molecule has 0 saturated carbocycles. The van der Waals surface area contributed by atoms with Crippen LogP contribution in [0.15, 0.2) is 11.8 Å². The van der Waals surface area contributed by atoms with E-state index in [0.29, 0.717) is 3.92 Å². The van der Waals surface area contributed by atoms with E-state index < -0.39 is 8.32 Å². The van der Waals surface area contributed by atoms with Crippen LogP contribution < -0.4 is 0 Å². The highest BCUT2D eigenvalue weighted by Gasteiger charge is 2.17. The molecule has 0 radical (unpaired) electrons. The number of hydrogen-bond donors (Lipinski definition) is 0. The number of unbranched alkanes of at least 4 members (excludes halogenated alkanes) is 2. The van der Waals surface area contributed by atoms with E-state index in [1.54, 1.807) is 0 Å². The van der Waals surface area contributed by atoms with E-state index in [1.165, 1.54) is 25.0 Å². The second kappa shape index (κ2) is 7.71. The fourth-order valence-corrected chi connectivity index (χ4v) is 2.72. The van der Waals surface area contributed by atoms with Crippen LogP contribution in [-0.4, -0.2) is 12.2 Å². The Morgan fingerprint density at radius 3 is 2.33 bits per heavy atom. The molecule has 0 N–H and O–H groups in total. The molecule has 0 fully saturated rings. The van der Waals surface area contributed by atoms with Gasteiger partial charge in [0, 0.05) is 10.3 Å². The lowest BCUT2D eigenvalue weighted by Crippen LogP contribution is -2.25. The number of alkyl halides is 1. The van der Waals surface area contributed by atoms with E-state index in [2.05, 4.69) is 62.2 Å². The standard InChI is InChI=1S/C12H25IOSi/c1-6-7-8-9-12(10-11(2)13)14-15(3,4)5/h10-11H,6-9H2,1-5H3/t11-/m0/s1. The third-order valence-electron chi connectivity index (χ3n) is 1.88. The van der Waals surface area contributed by atoms with E-state index in [0.717, 1.165) is 6.42 Å². The van der Waals surface area contributed by atoms with Crippen molar-refractivity contribution in [3.05, 3.63) is 11.8 Å². The molecule has 15 heavy (non-hydrogen) atoms. The maximum atomic E-state index is 6.09. The van der Waals surface area contributed by atoms with Crippen LogP contribution in [-0.2, 0) is 4.43 Å². The molecule has 1 atom stereocenters. The van der Waals surface area contributed by atoms with Crippen molar-refractivity contribution in [2.75, 3.05) is 0 Å². The summed E-state index contributed by atoms with van der Waals surface area (Å²) < 4.78 is 6.66. The molecule has 0 saturated heterocycles. The van der Waals surface area contributed by atoms with Crippen LogP contribution in [0.3, 0.4) is 0 Å². The Balaban J connectivity index is 4.20. The zero-order chi connectivity index (χ0) is 11.9. The summed E-state index contributed by atoms with van der Waals surface area (Å²) in [6.07, 6.45) is 7.23. The van der Waals surface area contributed by atoms with Crippen molar-refractivity contribution in [3.63, 3.8) is 0 Å². The third-order valence-corrected chi connectivity index (χ3v) is 3.11. The molecule has 0 spiro atoms. The minimum Gasteiger partial charge on any atom is -0.548 e. The molecule has 0 amide bonds. The van der Waals surface area contributed by atoms with Crippen LogP contribution in [0, 0.1) is 0 Å². The Hall–Kier alpha value is 0.487. The topological polar surface area (TPSA) is 9.23 Å². The Morgan fingerprint density at radius 2 is 1.93 bits per heavy atom. The van der Waals surface area contributed by atoms with Gasteiger partial charge in [0.05, 0.1) is 5.76 Å². The Labute approximate surface area is 110 Å². The van der Waals surface area contributed by atoms with Crippen molar-refractivity contribution >= 4 is 30.9 Å². The van der Waals surface area contributed by atoms with Crippen LogP contribution in [0.2, 0.25) is 19.6 Å². The molecule has 0 aromatic rings. The average molecular weight is 340 g/mol. The van der Waals surface area contributed by atoms with E-state index >= 15 is 0 Å². The average Bonchev–Trinajstić information content (AvgIpc) is 2.00. The van der Waals surface area contributed by atoms with Crippen LogP contribution in [0.5, 0.6) is 0 Å². The van der Waals surface area contributed by atoms with Crippen LogP contribution in [0.25, 0.3) is 0 Å². The monoisotopic (exact) mass is 340 g/mol. The molecule has 0 aromatic heterocycles. The predicted molar refractivity (Wildman–Crippen MR) is 80.1 cm³/mol. The van der Waals surface area contributed by atoms with E-state index in [4.69, 9.17) is 4.43 Å². The Bertz CT molecular complexity index is 194. The first-order valence-corrected chi connectivity index (χ1v) is 10.5. The summed E-state index contributed by atoms with van der Waals surface area (Å²) in [6, 6.07) is 0. The first-order chi connectivity index (χ1) is 6.85. The second-order valence-corrected chi connectivity index (χ2v) is 11.4. The SMILES string of the molecule is CCCCCC(=C[C@H](C)I)O[Si](C)(C)C. The summed E-state index contributed by atoms with van der Waals surface area (Å²) in [5.41, 5.74) is 0.